The lowest BCUT2D eigenvalue weighted by atomic mass is 9.74. The number of fused-ring (bicyclic) bond motifs is 1. The van der Waals surface area contributed by atoms with Crippen molar-refractivity contribution in [3.63, 3.8) is 0 Å². The van der Waals surface area contributed by atoms with Crippen LogP contribution in [0.15, 0.2) is 12.2 Å². The SMILES string of the molecule is C=C1C(=O)OC2CC(C)(O)C(O)CC12. The van der Waals surface area contributed by atoms with Gasteiger partial charge in [-0.3, -0.25) is 0 Å². The van der Waals surface area contributed by atoms with E-state index in [1.165, 1.54) is 0 Å². The predicted octanol–water partition coefficient (Wildman–Crippen LogP) is -0.0101. The first-order valence-corrected chi connectivity index (χ1v) is 4.72. The van der Waals surface area contributed by atoms with Crippen molar-refractivity contribution < 1.29 is 19.7 Å². The van der Waals surface area contributed by atoms with Crippen LogP contribution in [0.3, 0.4) is 0 Å². The highest BCUT2D eigenvalue weighted by Crippen LogP contribution is 2.41. The van der Waals surface area contributed by atoms with Gasteiger partial charge in [0.2, 0.25) is 0 Å². The second-order valence-corrected chi connectivity index (χ2v) is 4.39. The molecule has 0 amide bonds. The molecule has 2 rings (SSSR count). The van der Waals surface area contributed by atoms with E-state index in [1.54, 1.807) is 6.92 Å². The molecule has 4 heteroatoms. The van der Waals surface area contributed by atoms with Crippen molar-refractivity contribution in [2.24, 2.45) is 5.92 Å². The first-order chi connectivity index (χ1) is 6.42. The molecule has 1 saturated carbocycles. The molecule has 0 aromatic heterocycles. The van der Waals surface area contributed by atoms with Gasteiger partial charge in [0.05, 0.1) is 11.7 Å². The fraction of sp³-hybridized carbons (Fsp3) is 0.700. The first kappa shape index (κ1) is 9.68. The van der Waals surface area contributed by atoms with Gasteiger partial charge in [-0.15, -0.1) is 0 Å². The number of aliphatic hydroxyl groups excluding tert-OH is 1. The molecule has 1 heterocycles. The van der Waals surface area contributed by atoms with Crippen molar-refractivity contribution in [2.75, 3.05) is 0 Å². The maximum Gasteiger partial charge on any atom is 0.334 e. The molecule has 0 aromatic carbocycles. The van der Waals surface area contributed by atoms with E-state index < -0.39 is 17.7 Å². The van der Waals surface area contributed by atoms with E-state index in [-0.39, 0.29) is 18.4 Å². The summed E-state index contributed by atoms with van der Waals surface area (Å²) in [6.07, 6.45) is -0.491. The Balaban J connectivity index is 2.22. The Morgan fingerprint density at radius 3 is 2.93 bits per heavy atom. The number of carbonyl (C=O) groups excluding carboxylic acids is 1. The van der Waals surface area contributed by atoms with Gasteiger partial charge >= 0.3 is 5.97 Å². The van der Waals surface area contributed by atoms with Crippen molar-refractivity contribution >= 4 is 5.97 Å². The second kappa shape index (κ2) is 2.81. The van der Waals surface area contributed by atoms with Crippen LogP contribution in [0.5, 0.6) is 0 Å². The zero-order chi connectivity index (χ0) is 10.5. The summed E-state index contributed by atoms with van der Waals surface area (Å²) in [5.74, 6) is -0.525. The Bertz CT molecular complexity index is 294. The van der Waals surface area contributed by atoms with Crippen LogP contribution in [0.2, 0.25) is 0 Å². The van der Waals surface area contributed by atoms with Gasteiger partial charge in [-0.05, 0) is 13.3 Å². The van der Waals surface area contributed by atoms with Crippen LogP contribution in [0.4, 0.5) is 0 Å². The number of ether oxygens (including phenoxy) is 1. The van der Waals surface area contributed by atoms with Gasteiger partial charge in [-0.25, -0.2) is 4.79 Å². The van der Waals surface area contributed by atoms with Crippen LogP contribution in [0, 0.1) is 5.92 Å². The predicted molar refractivity (Wildman–Crippen MR) is 48.4 cm³/mol. The largest absolute Gasteiger partial charge is 0.458 e. The molecule has 14 heavy (non-hydrogen) atoms. The molecule has 2 aliphatic rings. The highest BCUT2D eigenvalue weighted by molar-refractivity contribution is 5.90. The minimum absolute atomic E-state index is 0.127. The Morgan fingerprint density at radius 1 is 1.64 bits per heavy atom. The lowest BCUT2D eigenvalue weighted by Gasteiger charge is -2.38. The van der Waals surface area contributed by atoms with Crippen molar-refractivity contribution in [3.05, 3.63) is 12.2 Å². The van der Waals surface area contributed by atoms with Crippen LogP contribution >= 0.6 is 0 Å². The minimum Gasteiger partial charge on any atom is -0.458 e. The summed E-state index contributed by atoms with van der Waals surface area (Å²) in [5, 5.41) is 19.4. The Labute approximate surface area is 82.2 Å². The maximum absolute atomic E-state index is 11.2. The van der Waals surface area contributed by atoms with E-state index in [0.717, 1.165) is 0 Å². The fourth-order valence-electron chi connectivity index (χ4n) is 2.19. The molecular weight excluding hydrogens is 184 g/mol. The highest BCUT2D eigenvalue weighted by Gasteiger charge is 2.50. The summed E-state index contributed by atoms with van der Waals surface area (Å²) >= 11 is 0. The van der Waals surface area contributed by atoms with E-state index in [9.17, 15) is 15.0 Å². The quantitative estimate of drug-likeness (QED) is 0.424. The van der Waals surface area contributed by atoms with Crippen LogP contribution < -0.4 is 0 Å². The molecule has 4 nitrogen and oxygen atoms in total. The van der Waals surface area contributed by atoms with Crippen LogP contribution in [0.25, 0.3) is 0 Å². The molecule has 1 aliphatic carbocycles. The topological polar surface area (TPSA) is 66.8 Å². The average Bonchev–Trinajstić information content (AvgIpc) is 2.31. The molecule has 2 fully saturated rings. The molecule has 0 bridgehead atoms. The van der Waals surface area contributed by atoms with Crippen LogP contribution in [-0.2, 0) is 9.53 Å². The third kappa shape index (κ3) is 1.26. The monoisotopic (exact) mass is 198 g/mol. The summed E-state index contributed by atoms with van der Waals surface area (Å²) in [6.45, 7) is 5.19. The van der Waals surface area contributed by atoms with Gasteiger partial charge < -0.3 is 14.9 Å². The van der Waals surface area contributed by atoms with Gasteiger partial charge in [0, 0.05) is 17.9 Å². The zero-order valence-corrected chi connectivity index (χ0v) is 8.06. The molecule has 0 aromatic rings. The zero-order valence-electron chi connectivity index (χ0n) is 8.06. The van der Waals surface area contributed by atoms with E-state index in [0.29, 0.717) is 12.0 Å². The van der Waals surface area contributed by atoms with Gasteiger partial charge in [-0.2, -0.15) is 0 Å². The highest BCUT2D eigenvalue weighted by atomic mass is 16.6. The molecule has 4 atom stereocenters. The second-order valence-electron chi connectivity index (χ2n) is 4.39. The van der Waals surface area contributed by atoms with E-state index in [4.69, 9.17) is 4.74 Å². The lowest BCUT2D eigenvalue weighted by molar-refractivity contribution is -0.152. The van der Waals surface area contributed by atoms with Crippen LogP contribution in [0.1, 0.15) is 19.8 Å². The summed E-state index contributed by atoms with van der Waals surface area (Å²) in [6, 6.07) is 0. The molecule has 78 valence electrons. The van der Waals surface area contributed by atoms with E-state index >= 15 is 0 Å². The van der Waals surface area contributed by atoms with Crippen molar-refractivity contribution in [2.45, 2.75) is 37.6 Å². The standard InChI is InChI=1S/C10H14O4/c1-5-6-3-8(11)10(2,13)4-7(6)14-9(5)12/h6-8,11,13H,1,3-4H2,2H3. The molecule has 0 spiro atoms. The summed E-state index contributed by atoms with van der Waals surface area (Å²) in [5.41, 5.74) is -0.740. The summed E-state index contributed by atoms with van der Waals surface area (Å²) in [4.78, 5) is 11.2. The summed E-state index contributed by atoms with van der Waals surface area (Å²) < 4.78 is 5.05. The van der Waals surface area contributed by atoms with Crippen molar-refractivity contribution in [1.82, 2.24) is 0 Å². The average molecular weight is 198 g/mol. The molecule has 4 unspecified atom stereocenters. The number of aliphatic hydroxyl groups is 2. The van der Waals surface area contributed by atoms with Gasteiger partial charge in [0.1, 0.15) is 6.10 Å². The number of carbonyl (C=O) groups is 1. The third-order valence-corrected chi connectivity index (χ3v) is 3.23. The minimum atomic E-state index is -1.16. The molecular formula is C10H14O4. The van der Waals surface area contributed by atoms with E-state index in [1.807, 2.05) is 0 Å². The smallest absolute Gasteiger partial charge is 0.334 e. The van der Waals surface area contributed by atoms with Gasteiger partial charge in [-0.1, -0.05) is 6.58 Å². The Morgan fingerprint density at radius 2 is 2.29 bits per heavy atom. The van der Waals surface area contributed by atoms with Gasteiger partial charge in [0.25, 0.3) is 0 Å². The normalized spacial score (nSPS) is 47.5. The Kier molecular flexibility index (Phi) is 1.94. The van der Waals surface area contributed by atoms with Crippen molar-refractivity contribution in [1.29, 1.82) is 0 Å². The van der Waals surface area contributed by atoms with Gasteiger partial charge in [0.15, 0.2) is 0 Å². The Hall–Kier alpha value is -0.870. The third-order valence-electron chi connectivity index (χ3n) is 3.23. The number of rotatable bonds is 0. The molecule has 1 aliphatic heterocycles. The van der Waals surface area contributed by atoms with Crippen molar-refractivity contribution in [3.8, 4) is 0 Å². The number of hydrogen-bond donors (Lipinski definition) is 2. The molecule has 0 radical (unpaired) electrons. The fourth-order valence-corrected chi connectivity index (χ4v) is 2.19. The molecule has 2 N–H and O–H groups in total. The number of esters is 1. The number of hydrogen-bond acceptors (Lipinski definition) is 4. The van der Waals surface area contributed by atoms with E-state index in [2.05, 4.69) is 6.58 Å². The lowest BCUT2D eigenvalue weighted by Crippen LogP contribution is -2.49. The first-order valence-electron chi connectivity index (χ1n) is 4.72. The van der Waals surface area contributed by atoms with Crippen LogP contribution in [-0.4, -0.2) is 34.0 Å². The maximum atomic E-state index is 11.2. The summed E-state index contributed by atoms with van der Waals surface area (Å²) in [7, 11) is 0. The molecule has 1 saturated heterocycles.